The largest absolute Gasteiger partial charge is 0.353 e. The number of aromatic nitrogens is 5. The quantitative estimate of drug-likeness (QED) is 0.563. The zero-order valence-corrected chi connectivity index (χ0v) is 16.2. The second-order valence-corrected chi connectivity index (χ2v) is 7.22. The minimum absolute atomic E-state index is 0.212. The number of rotatable bonds is 3. The van der Waals surface area contributed by atoms with Crippen LogP contribution < -0.4 is 15.8 Å². The van der Waals surface area contributed by atoms with Crippen LogP contribution in [-0.4, -0.2) is 31.1 Å². The molecule has 9 heteroatoms. The topological polar surface area (TPSA) is 88.3 Å². The number of aryl methyl sites for hydroxylation is 1. The van der Waals surface area contributed by atoms with E-state index in [0.29, 0.717) is 17.9 Å². The molecule has 0 saturated heterocycles. The summed E-state index contributed by atoms with van der Waals surface area (Å²) in [4.78, 5) is 26.9. The summed E-state index contributed by atoms with van der Waals surface area (Å²) in [6, 6.07) is 6.65. The summed E-state index contributed by atoms with van der Waals surface area (Å²) in [6.45, 7) is 3.31. The standard InChI is InChI=1S/C21H18FN7O/c1-13-6-19-24-4-2-20(30)29(19)27-21(13)28-5-3-18-14(12-28)7-16(11-25-18)26-17-8-15(22)9-23-10-17/h2,4,6-11,26H,3,5,12H2,1H3. The van der Waals surface area contributed by atoms with Crippen molar-refractivity contribution in [2.75, 3.05) is 16.8 Å². The number of fused-ring (bicyclic) bond motifs is 2. The third-order valence-electron chi connectivity index (χ3n) is 5.08. The highest BCUT2D eigenvalue weighted by Crippen LogP contribution is 2.27. The Labute approximate surface area is 171 Å². The molecule has 0 fully saturated rings. The van der Waals surface area contributed by atoms with Gasteiger partial charge in [0.25, 0.3) is 5.56 Å². The van der Waals surface area contributed by atoms with Gasteiger partial charge in [-0.05, 0) is 30.2 Å². The minimum atomic E-state index is -0.403. The molecule has 1 N–H and O–H groups in total. The van der Waals surface area contributed by atoms with E-state index < -0.39 is 5.82 Å². The number of halogens is 1. The van der Waals surface area contributed by atoms with Gasteiger partial charge in [0.05, 0.1) is 30.0 Å². The van der Waals surface area contributed by atoms with Crippen molar-refractivity contribution in [3.8, 4) is 0 Å². The molecule has 0 bridgehead atoms. The van der Waals surface area contributed by atoms with Crippen LogP contribution in [0.15, 0.2) is 53.8 Å². The van der Waals surface area contributed by atoms with Crippen LogP contribution in [0.5, 0.6) is 0 Å². The summed E-state index contributed by atoms with van der Waals surface area (Å²) in [6.07, 6.45) is 6.71. The van der Waals surface area contributed by atoms with Crippen molar-refractivity contribution in [3.63, 3.8) is 0 Å². The molecule has 8 nitrogen and oxygen atoms in total. The molecular weight excluding hydrogens is 385 g/mol. The molecule has 1 aliphatic rings. The lowest BCUT2D eigenvalue weighted by molar-refractivity contribution is 0.622. The van der Waals surface area contributed by atoms with Crippen LogP contribution in [0.3, 0.4) is 0 Å². The molecule has 0 aliphatic carbocycles. The Morgan fingerprint density at radius 3 is 2.83 bits per heavy atom. The van der Waals surface area contributed by atoms with E-state index in [0.717, 1.165) is 47.5 Å². The van der Waals surface area contributed by atoms with Crippen LogP contribution >= 0.6 is 0 Å². The van der Waals surface area contributed by atoms with Gasteiger partial charge in [0, 0.05) is 43.5 Å². The van der Waals surface area contributed by atoms with E-state index in [9.17, 15) is 9.18 Å². The first-order valence-corrected chi connectivity index (χ1v) is 9.53. The summed E-state index contributed by atoms with van der Waals surface area (Å²) in [5.74, 6) is 0.343. The van der Waals surface area contributed by atoms with E-state index in [-0.39, 0.29) is 5.56 Å². The monoisotopic (exact) mass is 403 g/mol. The van der Waals surface area contributed by atoms with Crippen molar-refractivity contribution < 1.29 is 4.39 Å². The summed E-state index contributed by atoms with van der Waals surface area (Å²) in [7, 11) is 0. The molecule has 0 unspecified atom stereocenters. The fraction of sp³-hybridized carbons (Fsp3) is 0.190. The van der Waals surface area contributed by atoms with Crippen LogP contribution in [0.25, 0.3) is 5.65 Å². The second kappa shape index (κ2) is 7.18. The molecule has 0 amide bonds. The lowest BCUT2D eigenvalue weighted by Gasteiger charge is -2.30. The van der Waals surface area contributed by atoms with Crippen LogP contribution in [0, 0.1) is 12.7 Å². The molecule has 5 heterocycles. The van der Waals surface area contributed by atoms with Crippen molar-refractivity contribution in [1.82, 2.24) is 24.6 Å². The van der Waals surface area contributed by atoms with Crippen LogP contribution in [0.2, 0.25) is 0 Å². The number of nitrogens with zero attached hydrogens (tertiary/aromatic N) is 6. The third-order valence-corrected chi connectivity index (χ3v) is 5.08. The lowest BCUT2D eigenvalue weighted by atomic mass is 10.0. The predicted octanol–water partition coefficient (Wildman–Crippen LogP) is 2.63. The van der Waals surface area contributed by atoms with Crippen LogP contribution in [-0.2, 0) is 13.0 Å². The van der Waals surface area contributed by atoms with Crippen molar-refractivity contribution >= 4 is 22.8 Å². The second-order valence-electron chi connectivity index (χ2n) is 7.22. The average Bonchev–Trinajstić information content (AvgIpc) is 2.73. The Kier molecular flexibility index (Phi) is 4.35. The number of hydrogen-bond acceptors (Lipinski definition) is 7. The first-order valence-electron chi connectivity index (χ1n) is 9.53. The van der Waals surface area contributed by atoms with E-state index in [4.69, 9.17) is 0 Å². The van der Waals surface area contributed by atoms with Gasteiger partial charge < -0.3 is 10.2 Å². The number of hydrogen-bond donors (Lipinski definition) is 1. The number of nitrogens with one attached hydrogen (secondary N) is 1. The molecule has 0 atom stereocenters. The molecule has 1 aliphatic heterocycles. The van der Waals surface area contributed by atoms with Gasteiger partial charge in [-0.25, -0.2) is 9.37 Å². The third kappa shape index (κ3) is 3.34. The molecule has 0 radical (unpaired) electrons. The SMILES string of the molecule is Cc1cc2nccc(=O)n2nc1N1CCc2ncc(Nc3cncc(F)c3)cc2C1. The zero-order valence-electron chi connectivity index (χ0n) is 16.2. The molecule has 4 aromatic heterocycles. The van der Waals surface area contributed by atoms with Crippen LogP contribution in [0.1, 0.15) is 16.8 Å². The molecule has 0 aromatic carbocycles. The Bertz CT molecular complexity index is 1320. The van der Waals surface area contributed by atoms with Gasteiger partial charge in [0.2, 0.25) is 0 Å². The number of anilines is 3. The first kappa shape index (κ1) is 18.2. The Hall–Kier alpha value is -3.88. The highest BCUT2D eigenvalue weighted by atomic mass is 19.1. The zero-order chi connectivity index (χ0) is 20.7. The smallest absolute Gasteiger partial charge is 0.274 e. The van der Waals surface area contributed by atoms with Gasteiger partial charge in [-0.15, -0.1) is 5.10 Å². The van der Waals surface area contributed by atoms with E-state index in [1.807, 2.05) is 19.1 Å². The highest BCUT2D eigenvalue weighted by molar-refractivity contribution is 5.60. The van der Waals surface area contributed by atoms with Crippen molar-refractivity contribution in [3.05, 3.63) is 82.0 Å². The molecular formula is C21H18FN7O. The molecule has 0 spiro atoms. The molecule has 150 valence electrons. The van der Waals surface area contributed by atoms with Gasteiger partial charge >= 0.3 is 0 Å². The maximum Gasteiger partial charge on any atom is 0.274 e. The van der Waals surface area contributed by atoms with Gasteiger partial charge in [-0.2, -0.15) is 4.52 Å². The molecule has 4 aromatic rings. The van der Waals surface area contributed by atoms with Crippen LogP contribution in [0.4, 0.5) is 21.6 Å². The van der Waals surface area contributed by atoms with Gasteiger partial charge in [-0.3, -0.25) is 14.8 Å². The lowest BCUT2D eigenvalue weighted by Crippen LogP contribution is -2.33. The maximum atomic E-state index is 13.4. The fourth-order valence-corrected chi connectivity index (χ4v) is 3.68. The first-order chi connectivity index (χ1) is 14.6. The van der Waals surface area contributed by atoms with E-state index in [2.05, 4.69) is 30.3 Å². The predicted molar refractivity (Wildman–Crippen MR) is 110 cm³/mol. The Morgan fingerprint density at radius 1 is 1.10 bits per heavy atom. The Balaban J connectivity index is 1.46. The molecule has 30 heavy (non-hydrogen) atoms. The minimum Gasteiger partial charge on any atom is -0.353 e. The summed E-state index contributed by atoms with van der Waals surface area (Å²) in [5, 5.41) is 7.69. The van der Waals surface area contributed by atoms with Gasteiger partial charge in [0.15, 0.2) is 11.5 Å². The average molecular weight is 403 g/mol. The normalized spacial score (nSPS) is 13.3. The summed E-state index contributed by atoms with van der Waals surface area (Å²) < 4.78 is 14.7. The maximum absolute atomic E-state index is 13.4. The summed E-state index contributed by atoms with van der Waals surface area (Å²) in [5.41, 5.74) is 4.65. The summed E-state index contributed by atoms with van der Waals surface area (Å²) >= 11 is 0. The highest BCUT2D eigenvalue weighted by Gasteiger charge is 2.21. The molecule has 0 saturated carbocycles. The van der Waals surface area contributed by atoms with E-state index in [1.54, 1.807) is 12.4 Å². The molecule has 5 rings (SSSR count). The van der Waals surface area contributed by atoms with Crippen molar-refractivity contribution in [2.45, 2.75) is 19.9 Å². The number of pyridine rings is 2. The fourth-order valence-electron chi connectivity index (χ4n) is 3.68. The van der Waals surface area contributed by atoms with Crippen molar-refractivity contribution in [1.29, 1.82) is 0 Å². The van der Waals surface area contributed by atoms with E-state index >= 15 is 0 Å². The van der Waals surface area contributed by atoms with Gasteiger partial charge in [-0.1, -0.05) is 0 Å². The Morgan fingerprint density at radius 2 is 1.97 bits per heavy atom. The van der Waals surface area contributed by atoms with Crippen molar-refractivity contribution in [2.24, 2.45) is 0 Å². The van der Waals surface area contributed by atoms with Gasteiger partial charge in [0.1, 0.15) is 5.82 Å². The van der Waals surface area contributed by atoms with E-state index in [1.165, 1.54) is 22.8 Å².